The maximum atomic E-state index is 6.65. The quantitative estimate of drug-likeness (QED) is 0.911. The molecule has 0 aromatic heterocycles. The summed E-state index contributed by atoms with van der Waals surface area (Å²) in [6, 6.07) is 6.66. The zero-order valence-corrected chi connectivity index (χ0v) is 12.8. The predicted molar refractivity (Wildman–Crippen MR) is 83.1 cm³/mol. The van der Waals surface area contributed by atoms with Gasteiger partial charge in [-0.25, -0.2) is 0 Å². The topological polar surface area (TPSA) is 35.2 Å². The lowest BCUT2D eigenvalue weighted by Gasteiger charge is -2.40. The Kier molecular flexibility index (Phi) is 3.76. The van der Waals surface area contributed by atoms with Crippen LogP contribution in [0.3, 0.4) is 0 Å². The normalized spacial score (nSPS) is 32.8. The van der Waals surface area contributed by atoms with Crippen molar-refractivity contribution in [2.75, 3.05) is 6.61 Å². The molecule has 0 spiro atoms. The monoisotopic (exact) mass is 273 g/mol. The molecule has 1 saturated carbocycles. The van der Waals surface area contributed by atoms with E-state index in [-0.39, 0.29) is 5.54 Å². The van der Waals surface area contributed by atoms with Crippen molar-refractivity contribution in [1.29, 1.82) is 0 Å². The van der Waals surface area contributed by atoms with Gasteiger partial charge in [0, 0.05) is 12.0 Å². The molecule has 2 aliphatic rings. The lowest BCUT2D eigenvalue weighted by molar-refractivity contribution is 0.168. The Hall–Kier alpha value is -1.02. The third-order valence-corrected chi connectivity index (χ3v) is 5.46. The van der Waals surface area contributed by atoms with Crippen molar-refractivity contribution in [2.24, 2.45) is 17.6 Å². The van der Waals surface area contributed by atoms with Crippen molar-refractivity contribution in [3.63, 3.8) is 0 Å². The van der Waals surface area contributed by atoms with Crippen LogP contribution in [-0.2, 0) is 12.8 Å². The van der Waals surface area contributed by atoms with Gasteiger partial charge in [-0.15, -0.1) is 0 Å². The molecule has 0 amide bonds. The fraction of sp³-hybridized carbons (Fsp3) is 0.667. The van der Waals surface area contributed by atoms with Crippen LogP contribution in [0.15, 0.2) is 18.2 Å². The van der Waals surface area contributed by atoms with E-state index in [0.29, 0.717) is 0 Å². The highest BCUT2D eigenvalue weighted by Gasteiger charge is 2.33. The molecule has 0 saturated heterocycles. The minimum absolute atomic E-state index is 0.0570. The number of ether oxygens (including phenoxy) is 1. The number of benzene rings is 1. The van der Waals surface area contributed by atoms with Crippen molar-refractivity contribution < 1.29 is 4.74 Å². The molecule has 3 rings (SSSR count). The van der Waals surface area contributed by atoms with Gasteiger partial charge in [0.1, 0.15) is 5.75 Å². The van der Waals surface area contributed by atoms with Crippen LogP contribution in [0.25, 0.3) is 0 Å². The van der Waals surface area contributed by atoms with Crippen LogP contribution < -0.4 is 10.5 Å². The summed E-state index contributed by atoms with van der Waals surface area (Å²) in [4.78, 5) is 0. The molecule has 1 aliphatic carbocycles. The number of aryl methyl sites for hydroxylation is 1. The molecule has 2 N–H and O–H groups in total. The second-order valence-electron chi connectivity index (χ2n) is 7.10. The molecule has 3 atom stereocenters. The van der Waals surface area contributed by atoms with Crippen LogP contribution in [0.4, 0.5) is 0 Å². The van der Waals surface area contributed by atoms with Crippen LogP contribution in [-0.4, -0.2) is 12.1 Å². The molecule has 0 bridgehead atoms. The average Bonchev–Trinajstić information content (AvgIpc) is 2.89. The van der Waals surface area contributed by atoms with Crippen LogP contribution in [0, 0.1) is 11.8 Å². The Morgan fingerprint density at radius 3 is 2.95 bits per heavy atom. The summed E-state index contributed by atoms with van der Waals surface area (Å²) >= 11 is 0. The van der Waals surface area contributed by atoms with Crippen molar-refractivity contribution in [1.82, 2.24) is 0 Å². The zero-order chi connectivity index (χ0) is 14.2. The average molecular weight is 273 g/mol. The predicted octanol–water partition coefficient (Wildman–Crippen LogP) is 3.71. The van der Waals surface area contributed by atoms with E-state index >= 15 is 0 Å². The van der Waals surface area contributed by atoms with E-state index < -0.39 is 0 Å². The smallest absolute Gasteiger partial charge is 0.122 e. The van der Waals surface area contributed by atoms with Crippen LogP contribution in [0.1, 0.15) is 50.7 Å². The highest BCUT2D eigenvalue weighted by molar-refractivity contribution is 5.39. The van der Waals surface area contributed by atoms with E-state index in [1.165, 1.54) is 30.4 Å². The SMILES string of the molecule is CC1CCC(N)(CCc2ccc3c(c2)CCO3)CC1C. The molecule has 3 unspecified atom stereocenters. The molecule has 1 heterocycles. The second-order valence-corrected chi connectivity index (χ2v) is 7.10. The first-order valence-corrected chi connectivity index (χ1v) is 8.09. The van der Waals surface area contributed by atoms with Crippen molar-refractivity contribution in [2.45, 2.75) is 57.9 Å². The molecule has 2 heteroatoms. The van der Waals surface area contributed by atoms with Gasteiger partial charge in [-0.3, -0.25) is 0 Å². The van der Waals surface area contributed by atoms with Gasteiger partial charge in [0.2, 0.25) is 0 Å². The summed E-state index contributed by atoms with van der Waals surface area (Å²) in [6.45, 7) is 5.57. The second kappa shape index (κ2) is 5.40. The fourth-order valence-corrected chi connectivity index (χ4v) is 3.76. The summed E-state index contributed by atoms with van der Waals surface area (Å²) in [5.41, 5.74) is 9.50. The van der Waals surface area contributed by atoms with E-state index in [1.54, 1.807) is 0 Å². The molecular formula is C18H27NO. The Morgan fingerprint density at radius 1 is 1.30 bits per heavy atom. The highest BCUT2D eigenvalue weighted by Crippen LogP contribution is 2.37. The Morgan fingerprint density at radius 2 is 2.15 bits per heavy atom. The molecule has 110 valence electrons. The van der Waals surface area contributed by atoms with Gasteiger partial charge in [0.05, 0.1) is 6.61 Å². The Bertz CT molecular complexity index is 484. The number of rotatable bonds is 3. The summed E-state index contributed by atoms with van der Waals surface area (Å²) < 4.78 is 5.57. The first kappa shape index (κ1) is 13.9. The molecule has 20 heavy (non-hydrogen) atoms. The van der Waals surface area contributed by atoms with Crippen LogP contribution in [0.2, 0.25) is 0 Å². The van der Waals surface area contributed by atoms with E-state index in [9.17, 15) is 0 Å². The molecule has 1 aromatic carbocycles. The molecule has 1 aromatic rings. The van der Waals surface area contributed by atoms with Gasteiger partial charge in [-0.1, -0.05) is 26.0 Å². The van der Waals surface area contributed by atoms with Gasteiger partial charge in [-0.05, 0) is 61.1 Å². The van der Waals surface area contributed by atoms with Gasteiger partial charge >= 0.3 is 0 Å². The van der Waals surface area contributed by atoms with Crippen LogP contribution >= 0.6 is 0 Å². The Labute approximate surface area is 122 Å². The maximum absolute atomic E-state index is 6.65. The standard InChI is InChI=1S/C18H27NO/c1-13-5-8-18(19,12-14(13)2)9-6-15-3-4-17-16(11-15)7-10-20-17/h3-4,11,13-14H,5-10,12,19H2,1-2H3. The molecule has 1 fully saturated rings. The number of hydrogen-bond acceptors (Lipinski definition) is 2. The number of nitrogens with two attached hydrogens (primary N) is 1. The van der Waals surface area contributed by atoms with Gasteiger partial charge in [0.25, 0.3) is 0 Å². The van der Waals surface area contributed by atoms with Gasteiger partial charge in [0.15, 0.2) is 0 Å². The van der Waals surface area contributed by atoms with E-state index in [0.717, 1.165) is 43.5 Å². The summed E-state index contributed by atoms with van der Waals surface area (Å²) in [7, 11) is 0. The Balaban J connectivity index is 1.61. The minimum Gasteiger partial charge on any atom is -0.493 e. The molecule has 1 aliphatic heterocycles. The van der Waals surface area contributed by atoms with Gasteiger partial charge < -0.3 is 10.5 Å². The van der Waals surface area contributed by atoms with Crippen LogP contribution in [0.5, 0.6) is 5.75 Å². The minimum atomic E-state index is 0.0570. The summed E-state index contributed by atoms with van der Waals surface area (Å²) in [6.07, 6.45) is 6.94. The lowest BCUT2D eigenvalue weighted by atomic mass is 9.70. The third kappa shape index (κ3) is 2.85. The molecular weight excluding hydrogens is 246 g/mol. The molecule has 2 nitrogen and oxygen atoms in total. The zero-order valence-electron chi connectivity index (χ0n) is 12.8. The molecule has 0 radical (unpaired) electrons. The first-order valence-electron chi connectivity index (χ1n) is 8.09. The number of hydrogen-bond donors (Lipinski definition) is 1. The van der Waals surface area contributed by atoms with Crippen molar-refractivity contribution in [3.05, 3.63) is 29.3 Å². The van der Waals surface area contributed by atoms with Gasteiger partial charge in [-0.2, -0.15) is 0 Å². The highest BCUT2D eigenvalue weighted by atomic mass is 16.5. The maximum Gasteiger partial charge on any atom is 0.122 e. The van der Waals surface area contributed by atoms with E-state index in [2.05, 4.69) is 32.0 Å². The number of fused-ring (bicyclic) bond motifs is 1. The van der Waals surface area contributed by atoms with Crippen molar-refractivity contribution in [3.8, 4) is 5.75 Å². The summed E-state index contributed by atoms with van der Waals surface area (Å²) in [5.74, 6) is 2.68. The van der Waals surface area contributed by atoms with Crippen molar-refractivity contribution >= 4 is 0 Å². The van der Waals surface area contributed by atoms with E-state index in [4.69, 9.17) is 10.5 Å². The summed E-state index contributed by atoms with van der Waals surface area (Å²) in [5, 5.41) is 0. The lowest BCUT2D eigenvalue weighted by Crippen LogP contribution is -2.46. The largest absolute Gasteiger partial charge is 0.493 e. The van der Waals surface area contributed by atoms with E-state index in [1.807, 2.05) is 0 Å². The first-order chi connectivity index (χ1) is 9.56. The fourth-order valence-electron chi connectivity index (χ4n) is 3.76. The third-order valence-electron chi connectivity index (χ3n) is 5.46.